The number of hydrogen-bond acceptors (Lipinski definition) is 9. The van der Waals surface area contributed by atoms with E-state index in [-0.39, 0.29) is 31.6 Å². The number of carbonyl (C=O) groups is 2. The van der Waals surface area contributed by atoms with Gasteiger partial charge in [0.2, 0.25) is 0 Å². The summed E-state index contributed by atoms with van der Waals surface area (Å²) in [4.78, 5) is 24.2. The lowest BCUT2D eigenvalue weighted by Gasteiger charge is -2.30. The summed E-state index contributed by atoms with van der Waals surface area (Å²) in [5.41, 5.74) is 5.39. The fourth-order valence-electron chi connectivity index (χ4n) is 5.88. The molecule has 0 amide bonds. The van der Waals surface area contributed by atoms with E-state index in [4.69, 9.17) is 19.8 Å². The van der Waals surface area contributed by atoms with Crippen LogP contribution in [-0.4, -0.2) is 62.0 Å². The van der Waals surface area contributed by atoms with Gasteiger partial charge in [-0.3, -0.25) is 18.3 Å². The van der Waals surface area contributed by atoms with Crippen LogP contribution in [0.25, 0.3) is 0 Å². The van der Waals surface area contributed by atoms with Crippen molar-refractivity contribution >= 4 is 22.3 Å². The molecule has 306 valence electrons. The highest BCUT2D eigenvalue weighted by Crippen LogP contribution is 2.17. The number of rotatable bonds is 36. The topological polar surface area (TPSA) is 162 Å². The van der Waals surface area contributed by atoms with E-state index in [2.05, 4.69) is 18.0 Å². The van der Waals surface area contributed by atoms with Gasteiger partial charge in [0.1, 0.15) is 0 Å². The molecule has 2 unspecified atom stereocenters. The molecule has 0 fully saturated rings. The van der Waals surface area contributed by atoms with E-state index in [0.717, 1.165) is 32.8 Å². The molecule has 0 spiro atoms. The Bertz CT molecular complexity index is 883. The van der Waals surface area contributed by atoms with Crippen LogP contribution in [0.4, 0.5) is 0 Å². The van der Waals surface area contributed by atoms with Crippen LogP contribution in [0.15, 0.2) is 0 Å². The first-order valence-electron chi connectivity index (χ1n) is 20.7. The molecule has 0 radical (unpaired) electrons. The Balaban J connectivity index is 0. The van der Waals surface area contributed by atoms with Crippen LogP contribution in [0.3, 0.4) is 0 Å². The van der Waals surface area contributed by atoms with Gasteiger partial charge < -0.3 is 20.3 Å². The normalized spacial score (nSPS) is 13.2. The maximum absolute atomic E-state index is 12.1. The van der Waals surface area contributed by atoms with Gasteiger partial charge in [0, 0.05) is 31.2 Å². The van der Waals surface area contributed by atoms with Gasteiger partial charge in [-0.25, -0.2) is 0 Å². The van der Waals surface area contributed by atoms with Gasteiger partial charge in [0.25, 0.3) is 0 Å². The Morgan fingerprint density at radius 3 is 1.16 bits per heavy atom. The zero-order chi connectivity index (χ0) is 38.5. The molecule has 10 nitrogen and oxygen atoms in total. The molecule has 11 heteroatoms. The number of unbranched alkanes of at least 4 members (excludes halogenated alkanes) is 24. The van der Waals surface area contributed by atoms with E-state index in [1.165, 1.54) is 141 Å². The van der Waals surface area contributed by atoms with Crippen molar-refractivity contribution in [3.8, 4) is 0 Å². The highest BCUT2D eigenvalue weighted by molar-refractivity contribution is 7.80. The smallest absolute Gasteiger partial charge is 0.397 e. The second-order valence-electron chi connectivity index (χ2n) is 14.6. The highest BCUT2D eigenvalue weighted by atomic mass is 32.3. The number of carbonyl (C=O) groups excluding carboxylic acids is 2. The van der Waals surface area contributed by atoms with Crippen molar-refractivity contribution in [2.75, 3.05) is 20.3 Å². The van der Waals surface area contributed by atoms with Crippen molar-refractivity contribution < 1.29 is 41.3 Å². The van der Waals surface area contributed by atoms with Crippen molar-refractivity contribution in [3.05, 3.63) is 0 Å². The molecule has 2 atom stereocenters. The quantitative estimate of drug-likeness (QED) is 0.0319. The summed E-state index contributed by atoms with van der Waals surface area (Å²) >= 11 is 0. The van der Waals surface area contributed by atoms with Crippen molar-refractivity contribution in [1.29, 1.82) is 0 Å². The maximum Gasteiger partial charge on any atom is 0.397 e. The minimum absolute atomic E-state index is 0.157. The average Bonchev–Trinajstić information content (AvgIpc) is 3.08. The molecule has 0 rings (SSSR count). The van der Waals surface area contributed by atoms with Gasteiger partial charge in [-0.1, -0.05) is 168 Å². The lowest BCUT2D eigenvalue weighted by Crippen LogP contribution is -2.49. The minimum atomic E-state index is -4.16. The lowest BCUT2D eigenvalue weighted by atomic mass is 9.90. The van der Waals surface area contributed by atoms with Crippen molar-refractivity contribution in [2.24, 2.45) is 5.73 Å². The van der Waals surface area contributed by atoms with Crippen LogP contribution in [-0.2, 0) is 33.6 Å². The van der Waals surface area contributed by atoms with E-state index in [1.807, 2.05) is 0 Å². The number of ether oxygens (including phenoxy) is 2. The molecule has 0 aliphatic rings. The zero-order valence-electron chi connectivity index (χ0n) is 33.4. The van der Waals surface area contributed by atoms with Crippen molar-refractivity contribution in [1.82, 2.24) is 0 Å². The summed E-state index contributed by atoms with van der Waals surface area (Å²) in [6.07, 6.45) is 33.9. The van der Waals surface area contributed by atoms with Gasteiger partial charge >= 0.3 is 22.3 Å². The Morgan fingerprint density at radius 2 is 0.863 bits per heavy atom. The van der Waals surface area contributed by atoms with Crippen LogP contribution in [0.1, 0.15) is 213 Å². The van der Waals surface area contributed by atoms with E-state index in [0.29, 0.717) is 19.3 Å². The molecule has 0 saturated carbocycles. The third-order valence-electron chi connectivity index (χ3n) is 9.50. The van der Waals surface area contributed by atoms with E-state index < -0.39 is 22.0 Å². The van der Waals surface area contributed by atoms with Gasteiger partial charge in [-0.2, -0.15) is 8.42 Å². The number of aliphatic hydroxyl groups excluding tert-OH is 1. The molecule has 0 bridgehead atoms. The van der Waals surface area contributed by atoms with Crippen LogP contribution >= 0.6 is 0 Å². The second-order valence-corrected chi connectivity index (χ2v) is 15.8. The Kier molecular flexibility index (Phi) is 37.7. The predicted octanol–water partition coefficient (Wildman–Crippen LogP) is 10.3. The number of nitrogens with two attached hydrogens (primary N) is 1. The summed E-state index contributed by atoms with van der Waals surface area (Å²) in [5, 5.41) is 10.5. The van der Waals surface area contributed by atoms with Gasteiger partial charge in [-0.15, -0.1) is 0 Å². The molecule has 4 N–H and O–H groups in total. The van der Waals surface area contributed by atoms with Crippen LogP contribution < -0.4 is 5.73 Å². The Hall–Kier alpha value is -1.27. The van der Waals surface area contributed by atoms with Crippen molar-refractivity contribution in [3.63, 3.8) is 0 Å². The summed E-state index contributed by atoms with van der Waals surface area (Å²) in [6, 6.07) is 0. The van der Waals surface area contributed by atoms with Gasteiger partial charge in [-0.05, 0) is 19.8 Å². The fourth-order valence-corrected chi connectivity index (χ4v) is 5.88. The first kappa shape index (κ1) is 51.8. The SMILES string of the molecule is CCCCCCCCCCCCCCCC(=O)OCCC(O)C(C)(N)CCOC(=O)CCCCCCCCCCCCCCC.COS(=O)(=O)O. The molecule has 0 aromatic rings. The minimum Gasteiger partial charge on any atom is -0.466 e. The molecule has 0 aromatic carbocycles. The molecule has 0 aromatic heterocycles. The predicted molar refractivity (Wildman–Crippen MR) is 209 cm³/mol. The molecule has 0 aliphatic carbocycles. The lowest BCUT2D eigenvalue weighted by molar-refractivity contribution is -0.146. The van der Waals surface area contributed by atoms with Crippen LogP contribution in [0.5, 0.6) is 0 Å². The number of hydrogen-bond donors (Lipinski definition) is 3. The third kappa shape index (κ3) is 41.3. The second kappa shape index (κ2) is 37.1. The number of esters is 2. The molecular formula is C40H81NO9S. The first-order chi connectivity index (χ1) is 24.4. The van der Waals surface area contributed by atoms with Crippen molar-refractivity contribution in [2.45, 2.75) is 225 Å². The van der Waals surface area contributed by atoms with Gasteiger partial charge in [0.15, 0.2) is 0 Å². The monoisotopic (exact) mass is 752 g/mol. The van der Waals surface area contributed by atoms with E-state index >= 15 is 0 Å². The Labute approximate surface area is 314 Å². The summed E-state index contributed by atoms with van der Waals surface area (Å²) in [5.74, 6) is -0.392. The third-order valence-corrected chi connectivity index (χ3v) is 9.92. The van der Waals surface area contributed by atoms with E-state index in [1.54, 1.807) is 6.92 Å². The molecule has 51 heavy (non-hydrogen) atoms. The summed E-state index contributed by atoms with van der Waals surface area (Å²) in [6.45, 7) is 6.63. The fraction of sp³-hybridized carbons (Fsp3) is 0.950. The zero-order valence-corrected chi connectivity index (χ0v) is 34.3. The number of aliphatic hydroxyl groups is 1. The standard InChI is InChI=1S/C39H77NO5.CH4O4S/c1-4-6-8-10-12-14-16-18-20-22-24-26-28-30-37(42)44-34-32-36(41)39(3,40)33-35-45-38(43)31-29-27-25-23-21-19-17-15-13-11-9-7-5-2;1-5-6(2,3)4/h36,41H,4-35,40H2,1-3H3;1H3,(H,2,3,4). The van der Waals surface area contributed by atoms with Crippen LogP contribution in [0.2, 0.25) is 0 Å². The van der Waals surface area contributed by atoms with E-state index in [9.17, 15) is 23.1 Å². The maximum atomic E-state index is 12.1. The summed E-state index contributed by atoms with van der Waals surface area (Å²) in [7, 11) is -3.29. The average molecular weight is 752 g/mol. The molecule has 0 saturated heterocycles. The first-order valence-corrected chi connectivity index (χ1v) is 22.1. The Morgan fingerprint density at radius 1 is 0.588 bits per heavy atom. The largest absolute Gasteiger partial charge is 0.466 e. The highest BCUT2D eigenvalue weighted by Gasteiger charge is 2.28. The summed E-state index contributed by atoms with van der Waals surface area (Å²) < 4.78 is 40.4. The molecule has 0 heterocycles. The van der Waals surface area contributed by atoms with Crippen LogP contribution in [0, 0.1) is 0 Å². The molecule has 0 aliphatic heterocycles. The van der Waals surface area contributed by atoms with Gasteiger partial charge in [0.05, 0.1) is 26.4 Å². The molecular weight excluding hydrogens is 671 g/mol.